The molecule has 21 heavy (non-hydrogen) atoms. The van der Waals surface area contributed by atoms with Crippen LogP contribution >= 0.6 is 23.2 Å². The summed E-state index contributed by atoms with van der Waals surface area (Å²) in [5.41, 5.74) is -0.284. The van der Waals surface area contributed by atoms with E-state index in [-0.39, 0.29) is 12.0 Å². The lowest BCUT2D eigenvalue weighted by atomic mass is 10.1. The van der Waals surface area contributed by atoms with E-state index in [2.05, 4.69) is 0 Å². The topological polar surface area (TPSA) is 97.5 Å². The number of alkyl halides is 3. The van der Waals surface area contributed by atoms with Gasteiger partial charge in [-0.25, -0.2) is 8.42 Å². The molecule has 0 aromatic heterocycles. The van der Waals surface area contributed by atoms with Gasteiger partial charge in [0, 0.05) is 16.5 Å². The number of carbonyl (C=O) groups is 1. The minimum atomic E-state index is -5.60. The molecule has 5 nitrogen and oxygen atoms in total. The molecule has 118 valence electrons. The molecule has 0 saturated carbocycles. The lowest BCUT2D eigenvalue weighted by Crippen LogP contribution is -2.32. The molecule has 11 heteroatoms. The second kappa shape index (κ2) is 5.99. The van der Waals surface area contributed by atoms with E-state index in [0.29, 0.717) is 12.1 Å². The summed E-state index contributed by atoms with van der Waals surface area (Å²) in [5.74, 6) is -1.37. The predicted molar refractivity (Wildman–Crippen MR) is 69.0 cm³/mol. The molecule has 1 aromatic carbocycles. The number of nitrogens with two attached hydrogens (primary N) is 1. The largest absolute Gasteiger partial charge is 0.501 e. The van der Waals surface area contributed by atoms with Gasteiger partial charge < -0.3 is 10.8 Å². The summed E-state index contributed by atoms with van der Waals surface area (Å²) in [6.07, 6.45) is -0.362. The minimum Gasteiger partial charge on any atom is -0.480 e. The van der Waals surface area contributed by atoms with Crippen molar-refractivity contribution >= 4 is 39.0 Å². The van der Waals surface area contributed by atoms with Gasteiger partial charge in [-0.3, -0.25) is 4.79 Å². The van der Waals surface area contributed by atoms with Crippen LogP contribution in [0.4, 0.5) is 13.2 Å². The van der Waals surface area contributed by atoms with Crippen molar-refractivity contribution in [2.24, 2.45) is 5.73 Å². The van der Waals surface area contributed by atoms with Crippen LogP contribution in [-0.2, 0) is 21.1 Å². The average molecular weight is 366 g/mol. The first-order chi connectivity index (χ1) is 9.37. The van der Waals surface area contributed by atoms with Crippen molar-refractivity contribution in [3.8, 4) is 0 Å². The van der Waals surface area contributed by atoms with Crippen LogP contribution in [0.2, 0.25) is 10.0 Å². The maximum Gasteiger partial charge on any atom is 0.501 e. The number of sulfone groups is 1. The van der Waals surface area contributed by atoms with Gasteiger partial charge in [-0.15, -0.1) is 0 Å². The fourth-order valence-electron chi connectivity index (χ4n) is 1.37. The molecule has 0 unspecified atom stereocenters. The zero-order valence-electron chi connectivity index (χ0n) is 9.99. The van der Waals surface area contributed by atoms with E-state index in [1.807, 2.05) is 0 Å². The Labute approximate surface area is 127 Å². The summed E-state index contributed by atoms with van der Waals surface area (Å²) in [6.45, 7) is 0. The molecule has 0 fully saturated rings. The second-order valence-electron chi connectivity index (χ2n) is 3.96. The molecule has 0 aliphatic carbocycles. The van der Waals surface area contributed by atoms with Gasteiger partial charge in [0.1, 0.15) is 6.04 Å². The smallest absolute Gasteiger partial charge is 0.480 e. The Morgan fingerprint density at radius 3 is 2.05 bits per heavy atom. The number of rotatable bonds is 4. The van der Waals surface area contributed by atoms with E-state index < -0.39 is 42.3 Å². The van der Waals surface area contributed by atoms with Gasteiger partial charge in [-0.1, -0.05) is 23.2 Å². The number of aliphatic carboxylic acids is 1. The standard InChI is InChI=1S/C10H8Cl2F3NO4S/c11-6-1-4(21(19,20)10(13,14)15)2-7(12)5(6)3-8(16)9(17)18/h1-2,8H,3,16H2,(H,17,18)/t8-/m0/s1. The van der Waals surface area contributed by atoms with Crippen LogP contribution in [0.5, 0.6) is 0 Å². The molecule has 0 amide bonds. The van der Waals surface area contributed by atoms with Crippen molar-refractivity contribution in [1.29, 1.82) is 0 Å². The highest BCUT2D eigenvalue weighted by Gasteiger charge is 2.47. The predicted octanol–water partition coefficient (Wildman–Crippen LogP) is 2.24. The van der Waals surface area contributed by atoms with Crippen LogP contribution in [0.15, 0.2) is 17.0 Å². The zero-order valence-corrected chi connectivity index (χ0v) is 12.3. The zero-order chi connectivity index (χ0) is 16.6. The maximum absolute atomic E-state index is 12.4. The molecule has 1 aromatic rings. The van der Waals surface area contributed by atoms with Gasteiger partial charge in [0.25, 0.3) is 9.84 Å². The van der Waals surface area contributed by atoms with Crippen molar-refractivity contribution < 1.29 is 31.5 Å². The van der Waals surface area contributed by atoms with Crippen LogP contribution < -0.4 is 5.73 Å². The van der Waals surface area contributed by atoms with Gasteiger partial charge in [-0.05, 0) is 17.7 Å². The van der Waals surface area contributed by atoms with Gasteiger partial charge in [0.15, 0.2) is 0 Å². The fourth-order valence-corrected chi connectivity index (χ4v) is 2.95. The van der Waals surface area contributed by atoms with Gasteiger partial charge in [0.05, 0.1) is 4.90 Å². The lowest BCUT2D eigenvalue weighted by Gasteiger charge is -2.13. The van der Waals surface area contributed by atoms with Gasteiger partial charge >= 0.3 is 11.5 Å². The molecular formula is C10H8Cl2F3NO4S. The van der Waals surface area contributed by atoms with Crippen molar-refractivity contribution in [1.82, 2.24) is 0 Å². The van der Waals surface area contributed by atoms with E-state index in [9.17, 15) is 26.4 Å². The molecule has 3 N–H and O–H groups in total. The van der Waals surface area contributed by atoms with Gasteiger partial charge in [0.2, 0.25) is 0 Å². The van der Waals surface area contributed by atoms with Crippen LogP contribution in [-0.4, -0.2) is 31.0 Å². The molecule has 0 aliphatic heterocycles. The molecule has 1 atom stereocenters. The molecule has 0 bridgehead atoms. The van der Waals surface area contributed by atoms with Crippen molar-refractivity contribution in [2.75, 3.05) is 0 Å². The Kier molecular flexibility index (Phi) is 5.14. The number of hydrogen-bond donors (Lipinski definition) is 2. The molecule has 0 heterocycles. The number of carboxylic acid groups (broad SMARTS) is 1. The van der Waals surface area contributed by atoms with Crippen LogP contribution in [0.25, 0.3) is 0 Å². The number of hydrogen-bond acceptors (Lipinski definition) is 4. The van der Waals surface area contributed by atoms with Crippen LogP contribution in [0.1, 0.15) is 5.56 Å². The summed E-state index contributed by atoms with van der Waals surface area (Å²) in [5, 5.41) is 7.83. The molecule has 0 saturated heterocycles. The van der Waals surface area contributed by atoms with Crippen molar-refractivity contribution in [3.63, 3.8) is 0 Å². The summed E-state index contributed by atoms with van der Waals surface area (Å²) in [4.78, 5) is 9.50. The highest BCUT2D eigenvalue weighted by atomic mass is 35.5. The Balaban J connectivity index is 3.33. The van der Waals surface area contributed by atoms with Crippen molar-refractivity contribution in [3.05, 3.63) is 27.7 Å². The van der Waals surface area contributed by atoms with Crippen LogP contribution in [0.3, 0.4) is 0 Å². The van der Waals surface area contributed by atoms with Crippen molar-refractivity contribution in [2.45, 2.75) is 22.9 Å². The maximum atomic E-state index is 12.4. The van der Waals surface area contributed by atoms with Gasteiger partial charge in [-0.2, -0.15) is 13.2 Å². The molecule has 1 rings (SSSR count). The SMILES string of the molecule is N[C@@H](Cc1c(Cl)cc(S(=O)(=O)C(F)(F)F)cc1Cl)C(=O)O. The lowest BCUT2D eigenvalue weighted by molar-refractivity contribution is -0.138. The second-order valence-corrected chi connectivity index (χ2v) is 6.72. The molecule has 0 spiro atoms. The normalized spacial score (nSPS) is 14.0. The Morgan fingerprint density at radius 2 is 1.71 bits per heavy atom. The monoisotopic (exact) mass is 365 g/mol. The average Bonchev–Trinajstić information content (AvgIpc) is 2.31. The first-order valence-electron chi connectivity index (χ1n) is 5.15. The third kappa shape index (κ3) is 3.79. The summed E-state index contributed by atoms with van der Waals surface area (Å²) in [6, 6.07) is -0.273. The molecule has 0 aliphatic rings. The third-order valence-corrected chi connectivity index (χ3v) is 4.61. The Morgan fingerprint density at radius 1 is 1.29 bits per heavy atom. The van der Waals surface area contributed by atoms with E-state index in [4.69, 9.17) is 34.0 Å². The fraction of sp³-hybridized carbons (Fsp3) is 0.300. The first-order valence-corrected chi connectivity index (χ1v) is 7.39. The Hall–Kier alpha value is -1.03. The number of benzene rings is 1. The van der Waals surface area contributed by atoms with E-state index >= 15 is 0 Å². The Bertz CT molecular complexity index is 652. The summed E-state index contributed by atoms with van der Waals surface area (Å²) in [7, 11) is -5.60. The third-order valence-electron chi connectivity index (χ3n) is 2.47. The van der Waals surface area contributed by atoms with E-state index in [0.717, 1.165) is 0 Å². The van der Waals surface area contributed by atoms with Crippen LogP contribution in [0, 0.1) is 0 Å². The van der Waals surface area contributed by atoms with E-state index in [1.54, 1.807) is 0 Å². The summed E-state index contributed by atoms with van der Waals surface area (Å²) >= 11 is 11.3. The molecular weight excluding hydrogens is 358 g/mol. The summed E-state index contributed by atoms with van der Waals surface area (Å²) < 4.78 is 59.8. The highest BCUT2D eigenvalue weighted by molar-refractivity contribution is 7.92. The highest BCUT2D eigenvalue weighted by Crippen LogP contribution is 2.35. The minimum absolute atomic E-state index is 0.0469. The van der Waals surface area contributed by atoms with E-state index in [1.165, 1.54) is 0 Å². The number of carboxylic acids is 1. The quantitative estimate of drug-likeness (QED) is 0.852. The first kappa shape index (κ1) is 18.0. The number of halogens is 5. The molecule has 0 radical (unpaired) electrons.